The molecule has 6 heteroatoms. The Kier molecular flexibility index (Phi) is 5.57. The predicted octanol–water partition coefficient (Wildman–Crippen LogP) is 4.66. The third-order valence-electron chi connectivity index (χ3n) is 5.97. The first-order chi connectivity index (χ1) is 12.1. The molecule has 2 heterocycles. The molecule has 1 aliphatic heterocycles. The second-order valence-corrected chi connectivity index (χ2v) is 7.57. The molecule has 1 aromatic carbocycles. The average Bonchev–Trinajstić information content (AvgIpc) is 2.88. The van der Waals surface area contributed by atoms with Gasteiger partial charge in [-0.05, 0) is 63.4 Å². The van der Waals surface area contributed by atoms with Gasteiger partial charge in [-0.25, -0.2) is 0 Å². The van der Waals surface area contributed by atoms with Gasteiger partial charge in [-0.15, -0.1) is 12.4 Å². The van der Waals surface area contributed by atoms with Gasteiger partial charge in [-0.3, -0.25) is 4.79 Å². The number of aromatic nitrogens is 1. The Labute approximate surface area is 165 Å². The van der Waals surface area contributed by atoms with Crippen molar-refractivity contribution in [2.45, 2.75) is 52.1 Å². The van der Waals surface area contributed by atoms with Crippen molar-refractivity contribution >= 4 is 40.9 Å². The molecule has 4 nitrogen and oxygen atoms in total. The summed E-state index contributed by atoms with van der Waals surface area (Å²) >= 11 is 6.27. The number of carbonyl (C=O) groups is 1. The molecule has 2 aromatic rings. The lowest BCUT2D eigenvalue weighted by Gasteiger charge is -2.47. The molecule has 1 aromatic heterocycles. The van der Waals surface area contributed by atoms with E-state index in [4.69, 9.17) is 16.3 Å². The van der Waals surface area contributed by atoms with E-state index in [-0.39, 0.29) is 24.4 Å². The Morgan fingerprint density at radius 2 is 2.15 bits per heavy atom. The summed E-state index contributed by atoms with van der Waals surface area (Å²) < 4.78 is 7.83. The highest BCUT2D eigenvalue weighted by Crippen LogP contribution is 2.53. The number of nitrogens with one attached hydrogen (secondary N) is 1. The molecule has 0 spiro atoms. The van der Waals surface area contributed by atoms with Crippen molar-refractivity contribution in [3.63, 3.8) is 0 Å². The lowest BCUT2D eigenvalue weighted by Crippen LogP contribution is -2.52. The number of halogens is 2. The molecule has 2 aliphatic rings. The monoisotopic (exact) mass is 396 g/mol. The van der Waals surface area contributed by atoms with Crippen LogP contribution in [-0.4, -0.2) is 23.7 Å². The van der Waals surface area contributed by atoms with Crippen molar-refractivity contribution in [3.8, 4) is 0 Å². The van der Waals surface area contributed by atoms with Crippen molar-refractivity contribution in [1.29, 1.82) is 0 Å². The molecule has 0 saturated heterocycles. The molecule has 1 aliphatic carbocycles. The van der Waals surface area contributed by atoms with Gasteiger partial charge in [-0.2, -0.15) is 0 Å². The normalized spacial score (nSPS) is 20.8. The number of hydrogen-bond donors (Lipinski definition) is 1. The second kappa shape index (κ2) is 7.41. The van der Waals surface area contributed by atoms with E-state index < -0.39 is 5.41 Å². The van der Waals surface area contributed by atoms with Gasteiger partial charge >= 0.3 is 5.97 Å². The number of nitrogens with zero attached hydrogens (tertiary/aromatic N) is 1. The van der Waals surface area contributed by atoms with E-state index in [0.717, 1.165) is 43.8 Å². The first-order valence-corrected chi connectivity index (χ1v) is 9.71. The lowest BCUT2D eigenvalue weighted by atomic mass is 9.62. The second-order valence-electron chi connectivity index (χ2n) is 7.14. The van der Waals surface area contributed by atoms with Gasteiger partial charge in [0.15, 0.2) is 0 Å². The summed E-state index contributed by atoms with van der Waals surface area (Å²) in [7, 11) is 0. The van der Waals surface area contributed by atoms with E-state index >= 15 is 0 Å². The van der Waals surface area contributed by atoms with Gasteiger partial charge in [0, 0.05) is 28.2 Å². The van der Waals surface area contributed by atoms with Crippen molar-refractivity contribution < 1.29 is 9.53 Å². The van der Waals surface area contributed by atoms with E-state index in [1.165, 1.54) is 22.2 Å². The number of rotatable bonds is 4. The molecule has 0 amide bonds. The molecule has 1 atom stereocenters. The van der Waals surface area contributed by atoms with Crippen LogP contribution < -0.4 is 5.32 Å². The molecule has 0 radical (unpaired) electrons. The molecule has 1 saturated carbocycles. The fourth-order valence-electron chi connectivity index (χ4n) is 4.69. The minimum absolute atomic E-state index is 0. The summed E-state index contributed by atoms with van der Waals surface area (Å²) in [6.45, 7) is 6.25. The van der Waals surface area contributed by atoms with Gasteiger partial charge in [0.2, 0.25) is 0 Å². The molecular formula is C20H26Cl2N2O2. The van der Waals surface area contributed by atoms with Gasteiger partial charge in [0.1, 0.15) is 0 Å². The molecule has 0 bridgehead atoms. The number of hydrogen-bond acceptors (Lipinski definition) is 3. The molecule has 4 rings (SSSR count). The largest absolute Gasteiger partial charge is 0.466 e. The summed E-state index contributed by atoms with van der Waals surface area (Å²) in [4.78, 5) is 12.8. The number of esters is 1. The lowest BCUT2D eigenvalue weighted by molar-refractivity contribution is -0.164. The number of carbonyl (C=O) groups excluding carboxylic acids is 1. The number of fused-ring (bicyclic) bond motifs is 3. The number of ether oxygens (including phenoxy) is 1. The zero-order valence-corrected chi connectivity index (χ0v) is 16.9. The van der Waals surface area contributed by atoms with E-state index in [0.29, 0.717) is 6.61 Å². The quantitative estimate of drug-likeness (QED) is 0.764. The fourth-order valence-corrected chi connectivity index (χ4v) is 4.86. The highest BCUT2D eigenvalue weighted by Gasteiger charge is 2.54. The maximum absolute atomic E-state index is 12.8. The van der Waals surface area contributed by atoms with Crippen LogP contribution in [-0.2, 0) is 22.5 Å². The summed E-state index contributed by atoms with van der Waals surface area (Å²) in [5, 5.41) is 5.65. The van der Waals surface area contributed by atoms with Crippen LogP contribution in [0.15, 0.2) is 18.2 Å². The standard InChI is InChI=1S/C20H25ClN2O2.ClH/c1-3-23-16-7-6-13(21)12-15(16)14-8-11-22-18(17(14)23)20(9-5-10-20)19(24)25-4-2;/h6-7,12,18,22H,3-5,8-11H2,1-2H3;1H. The summed E-state index contributed by atoms with van der Waals surface area (Å²) in [5.41, 5.74) is 3.40. The Morgan fingerprint density at radius 3 is 2.77 bits per heavy atom. The van der Waals surface area contributed by atoms with Crippen LogP contribution in [0.2, 0.25) is 5.02 Å². The number of benzene rings is 1. The smallest absolute Gasteiger partial charge is 0.314 e. The van der Waals surface area contributed by atoms with Crippen LogP contribution in [0.4, 0.5) is 0 Å². The van der Waals surface area contributed by atoms with E-state index in [1.807, 2.05) is 13.0 Å². The van der Waals surface area contributed by atoms with Crippen molar-refractivity contribution in [3.05, 3.63) is 34.5 Å². The summed E-state index contributed by atoms with van der Waals surface area (Å²) in [6, 6.07) is 6.15. The average molecular weight is 397 g/mol. The van der Waals surface area contributed by atoms with Gasteiger partial charge in [0.05, 0.1) is 18.1 Å². The Hall–Kier alpha value is -1.23. The highest BCUT2D eigenvalue weighted by atomic mass is 35.5. The first-order valence-electron chi connectivity index (χ1n) is 9.33. The minimum atomic E-state index is -0.420. The van der Waals surface area contributed by atoms with Gasteiger partial charge in [-0.1, -0.05) is 18.0 Å². The number of aryl methyl sites for hydroxylation is 1. The van der Waals surface area contributed by atoms with Crippen molar-refractivity contribution in [2.75, 3.05) is 13.2 Å². The van der Waals surface area contributed by atoms with Crippen LogP contribution >= 0.6 is 24.0 Å². The highest BCUT2D eigenvalue weighted by molar-refractivity contribution is 6.31. The van der Waals surface area contributed by atoms with Crippen LogP contribution in [0, 0.1) is 5.41 Å². The third kappa shape index (κ3) is 2.74. The minimum Gasteiger partial charge on any atom is -0.466 e. The molecule has 142 valence electrons. The maximum Gasteiger partial charge on any atom is 0.314 e. The predicted molar refractivity (Wildman–Crippen MR) is 107 cm³/mol. The van der Waals surface area contributed by atoms with Gasteiger partial charge in [0.25, 0.3) is 0 Å². The van der Waals surface area contributed by atoms with E-state index in [9.17, 15) is 4.79 Å². The Bertz CT molecular complexity index is 827. The van der Waals surface area contributed by atoms with Crippen molar-refractivity contribution in [1.82, 2.24) is 9.88 Å². The first kappa shape index (κ1) is 19.5. The van der Waals surface area contributed by atoms with Crippen LogP contribution in [0.3, 0.4) is 0 Å². The zero-order chi connectivity index (χ0) is 17.6. The molecule has 1 unspecified atom stereocenters. The molecule has 1 N–H and O–H groups in total. The van der Waals surface area contributed by atoms with Gasteiger partial charge < -0.3 is 14.6 Å². The zero-order valence-electron chi connectivity index (χ0n) is 15.3. The van der Waals surface area contributed by atoms with Crippen molar-refractivity contribution in [2.24, 2.45) is 5.41 Å². The SMILES string of the molecule is CCOC(=O)C1(C2NCCc3c2n(CC)c2ccc(Cl)cc32)CCC1.Cl. The van der Waals surface area contributed by atoms with Crippen LogP contribution in [0.5, 0.6) is 0 Å². The van der Waals surface area contributed by atoms with Crippen LogP contribution in [0.1, 0.15) is 50.4 Å². The fraction of sp³-hybridized carbons (Fsp3) is 0.550. The maximum atomic E-state index is 12.8. The summed E-state index contributed by atoms with van der Waals surface area (Å²) in [5.74, 6) is -0.0439. The molecule has 26 heavy (non-hydrogen) atoms. The topological polar surface area (TPSA) is 43.3 Å². The third-order valence-corrected chi connectivity index (χ3v) is 6.20. The Morgan fingerprint density at radius 1 is 1.38 bits per heavy atom. The van der Waals surface area contributed by atoms with E-state index in [1.54, 1.807) is 0 Å². The molecular weight excluding hydrogens is 371 g/mol. The molecule has 1 fully saturated rings. The summed E-state index contributed by atoms with van der Waals surface area (Å²) in [6.07, 6.45) is 3.85. The van der Waals surface area contributed by atoms with E-state index in [2.05, 4.69) is 28.9 Å². The van der Waals surface area contributed by atoms with Crippen LogP contribution in [0.25, 0.3) is 10.9 Å². The Balaban J connectivity index is 0.00000196.